The zero-order valence-electron chi connectivity index (χ0n) is 14.3. The van der Waals surface area contributed by atoms with Crippen molar-refractivity contribution in [2.24, 2.45) is 5.92 Å². The van der Waals surface area contributed by atoms with Crippen molar-refractivity contribution < 1.29 is 0 Å². The molecule has 2 rings (SSSR count). The van der Waals surface area contributed by atoms with E-state index in [2.05, 4.69) is 37.9 Å². The summed E-state index contributed by atoms with van der Waals surface area (Å²) >= 11 is 0. The smallest absolute Gasteiger partial charge is 0.0444 e. The predicted octanol–water partition coefficient (Wildman–Crippen LogP) is 5.78. The van der Waals surface area contributed by atoms with Crippen molar-refractivity contribution in [3.63, 3.8) is 0 Å². The number of likely N-dealkylation sites (N-methyl/N-ethyl adjacent to an activating group) is 1. The monoisotopic (exact) mass is 265 g/mol. The number of allylic oxidation sites excluding steroid dienone is 3. The molecule has 0 saturated heterocycles. The summed E-state index contributed by atoms with van der Waals surface area (Å²) < 4.78 is 0. The Hall–Kier alpha value is -0.720. The van der Waals surface area contributed by atoms with E-state index in [-0.39, 0.29) is 0 Å². The first-order valence-electron chi connectivity index (χ1n) is 8.31. The maximum Gasteiger partial charge on any atom is 0.0444 e. The van der Waals surface area contributed by atoms with Crippen LogP contribution < -0.4 is 0 Å². The number of rotatable bonds is 1. The molecule has 1 unspecified atom stereocenters. The highest BCUT2D eigenvalue weighted by Crippen LogP contribution is 2.33. The van der Waals surface area contributed by atoms with Crippen LogP contribution in [0.4, 0.5) is 0 Å². The van der Waals surface area contributed by atoms with E-state index in [1.807, 2.05) is 27.7 Å². The third-order valence-corrected chi connectivity index (χ3v) is 4.05. The lowest BCUT2D eigenvalue weighted by Crippen LogP contribution is -2.29. The van der Waals surface area contributed by atoms with Crippen LogP contribution in [-0.2, 0) is 0 Å². The fraction of sp³-hybridized carbons (Fsp3) is 0.778. The van der Waals surface area contributed by atoms with Crippen molar-refractivity contribution in [1.82, 2.24) is 4.90 Å². The van der Waals surface area contributed by atoms with E-state index in [4.69, 9.17) is 0 Å². The second-order valence-electron chi connectivity index (χ2n) is 5.14. The fourth-order valence-electron chi connectivity index (χ4n) is 2.79. The molecule has 0 aromatic carbocycles. The third-order valence-electron chi connectivity index (χ3n) is 4.05. The second kappa shape index (κ2) is 10.1. The molecule has 1 nitrogen and oxygen atoms in total. The minimum Gasteiger partial charge on any atom is -0.372 e. The molecule has 1 aliphatic heterocycles. The topological polar surface area (TPSA) is 3.24 Å². The van der Waals surface area contributed by atoms with Gasteiger partial charge >= 0.3 is 0 Å². The second-order valence-corrected chi connectivity index (χ2v) is 5.14. The molecule has 1 heteroatoms. The number of hydrogen-bond acceptors (Lipinski definition) is 1. The summed E-state index contributed by atoms with van der Waals surface area (Å²) in [6.07, 6.45) is 12.0. The fourth-order valence-corrected chi connectivity index (χ4v) is 2.79. The summed E-state index contributed by atoms with van der Waals surface area (Å²) in [5.74, 6) is 0.852. The van der Waals surface area contributed by atoms with E-state index in [9.17, 15) is 0 Å². The lowest BCUT2D eigenvalue weighted by molar-refractivity contribution is 0.351. The van der Waals surface area contributed by atoms with Crippen LogP contribution in [0.1, 0.15) is 73.6 Å². The third kappa shape index (κ3) is 5.42. The average Bonchev–Trinajstić information content (AvgIpc) is 2.49. The maximum atomic E-state index is 2.46. The molecule has 19 heavy (non-hydrogen) atoms. The van der Waals surface area contributed by atoms with Crippen molar-refractivity contribution >= 4 is 0 Å². The van der Waals surface area contributed by atoms with Gasteiger partial charge in [0.2, 0.25) is 0 Å². The largest absolute Gasteiger partial charge is 0.372 e. The van der Waals surface area contributed by atoms with Gasteiger partial charge in [0, 0.05) is 18.8 Å². The first kappa shape index (κ1) is 18.3. The van der Waals surface area contributed by atoms with E-state index >= 15 is 0 Å². The molecule has 0 bridgehead atoms. The van der Waals surface area contributed by atoms with E-state index in [0.29, 0.717) is 6.04 Å². The van der Waals surface area contributed by atoms with Gasteiger partial charge in [0.25, 0.3) is 0 Å². The van der Waals surface area contributed by atoms with Crippen LogP contribution in [-0.4, -0.2) is 18.0 Å². The van der Waals surface area contributed by atoms with Crippen LogP contribution in [0.2, 0.25) is 0 Å². The Morgan fingerprint density at radius 2 is 1.53 bits per heavy atom. The Morgan fingerprint density at radius 3 is 2.00 bits per heavy atom. The zero-order valence-corrected chi connectivity index (χ0v) is 14.3. The summed E-state index contributed by atoms with van der Waals surface area (Å²) in [5, 5.41) is 0. The molecule has 0 spiro atoms. The molecule has 1 fully saturated rings. The van der Waals surface area contributed by atoms with Gasteiger partial charge in [-0.05, 0) is 44.3 Å². The minimum atomic E-state index is 0.576. The van der Waals surface area contributed by atoms with Crippen LogP contribution in [0.15, 0.2) is 23.4 Å². The Labute approximate surface area is 121 Å². The van der Waals surface area contributed by atoms with Gasteiger partial charge in [-0.15, -0.1) is 0 Å². The number of nitrogens with zero attached hydrogens (tertiary/aromatic N) is 1. The van der Waals surface area contributed by atoms with Gasteiger partial charge in [0.05, 0.1) is 0 Å². The van der Waals surface area contributed by atoms with Gasteiger partial charge in [-0.2, -0.15) is 0 Å². The minimum absolute atomic E-state index is 0.576. The van der Waals surface area contributed by atoms with Gasteiger partial charge in [-0.1, -0.05) is 53.0 Å². The van der Waals surface area contributed by atoms with Gasteiger partial charge in [-0.25, -0.2) is 0 Å². The highest BCUT2D eigenvalue weighted by Gasteiger charge is 2.21. The molecular formula is C18H35N. The SMILES string of the molecule is CC.CC.CC1=CC(C2CCCCC2)=CC(C)N1C. The van der Waals surface area contributed by atoms with Crippen LogP contribution >= 0.6 is 0 Å². The van der Waals surface area contributed by atoms with Gasteiger partial charge in [-0.3, -0.25) is 0 Å². The summed E-state index contributed by atoms with van der Waals surface area (Å²) in [4.78, 5) is 2.35. The molecule has 0 amide bonds. The maximum absolute atomic E-state index is 2.46. The summed E-state index contributed by atoms with van der Waals surface area (Å²) in [6.45, 7) is 12.5. The Kier molecular flexibility index (Phi) is 9.73. The molecule has 1 saturated carbocycles. The van der Waals surface area contributed by atoms with E-state index in [1.165, 1.54) is 37.8 Å². The molecule has 2 aliphatic rings. The normalized spacial score (nSPS) is 23.3. The van der Waals surface area contributed by atoms with Crippen LogP contribution in [0, 0.1) is 5.92 Å². The lowest BCUT2D eigenvalue weighted by atomic mass is 9.82. The van der Waals surface area contributed by atoms with Gasteiger partial charge < -0.3 is 4.90 Å². The van der Waals surface area contributed by atoms with Crippen molar-refractivity contribution in [3.05, 3.63) is 23.4 Å². The van der Waals surface area contributed by atoms with Crippen LogP contribution in [0.25, 0.3) is 0 Å². The zero-order chi connectivity index (χ0) is 14.8. The molecule has 0 N–H and O–H groups in total. The highest BCUT2D eigenvalue weighted by molar-refractivity contribution is 5.31. The summed E-state index contributed by atoms with van der Waals surface area (Å²) in [7, 11) is 2.19. The predicted molar refractivity (Wildman–Crippen MR) is 88.3 cm³/mol. The molecule has 0 aromatic heterocycles. The Balaban J connectivity index is 0.000000741. The summed E-state index contributed by atoms with van der Waals surface area (Å²) in [5.41, 5.74) is 3.03. The van der Waals surface area contributed by atoms with Crippen molar-refractivity contribution in [1.29, 1.82) is 0 Å². The lowest BCUT2D eigenvalue weighted by Gasteiger charge is -2.33. The first-order valence-corrected chi connectivity index (χ1v) is 8.31. The van der Waals surface area contributed by atoms with Crippen molar-refractivity contribution in [2.45, 2.75) is 79.7 Å². The quantitative estimate of drug-likeness (QED) is 0.580. The van der Waals surface area contributed by atoms with E-state index in [0.717, 1.165) is 5.92 Å². The number of hydrogen-bond donors (Lipinski definition) is 0. The van der Waals surface area contributed by atoms with Gasteiger partial charge in [0.15, 0.2) is 0 Å². The summed E-state index contributed by atoms with van der Waals surface area (Å²) in [6, 6.07) is 0.576. The molecule has 1 atom stereocenters. The van der Waals surface area contributed by atoms with Crippen molar-refractivity contribution in [2.75, 3.05) is 7.05 Å². The molecule has 1 aliphatic carbocycles. The molecule has 0 aromatic rings. The van der Waals surface area contributed by atoms with Crippen LogP contribution in [0.5, 0.6) is 0 Å². The Morgan fingerprint density at radius 1 is 1.00 bits per heavy atom. The van der Waals surface area contributed by atoms with E-state index in [1.54, 1.807) is 5.57 Å². The molecular weight excluding hydrogens is 230 g/mol. The first-order chi connectivity index (χ1) is 9.18. The van der Waals surface area contributed by atoms with E-state index < -0.39 is 0 Å². The highest BCUT2D eigenvalue weighted by atomic mass is 15.1. The average molecular weight is 265 g/mol. The standard InChI is InChI=1S/C14H23N.2C2H6/c1-11-9-14(10-12(2)15(11)3)13-7-5-4-6-8-13;2*1-2/h9-11,13H,4-8H2,1-3H3;2*1-2H3. The van der Waals surface area contributed by atoms with Crippen LogP contribution in [0.3, 0.4) is 0 Å². The molecule has 0 radical (unpaired) electrons. The Bertz CT molecular complexity index is 282. The molecule has 1 heterocycles. The van der Waals surface area contributed by atoms with Gasteiger partial charge in [0.1, 0.15) is 0 Å². The van der Waals surface area contributed by atoms with Crippen molar-refractivity contribution in [3.8, 4) is 0 Å². The molecule has 112 valence electrons.